The second-order valence-corrected chi connectivity index (χ2v) is 6.27. The van der Waals surface area contributed by atoms with Crippen molar-refractivity contribution in [3.63, 3.8) is 0 Å². The van der Waals surface area contributed by atoms with Gasteiger partial charge in [-0.05, 0) is 19.3 Å². The van der Waals surface area contributed by atoms with Crippen LogP contribution in [0.4, 0.5) is 0 Å². The Morgan fingerprint density at radius 1 is 0.952 bits per heavy atom. The van der Waals surface area contributed by atoms with Crippen LogP contribution in [0.5, 0.6) is 0 Å². The van der Waals surface area contributed by atoms with Gasteiger partial charge in [-0.25, -0.2) is 0 Å². The SMILES string of the molecule is CCCCCCCCCCCC(=O)N[C@H]1CCC1C(=O)O. The molecule has 4 nitrogen and oxygen atoms in total. The molecule has 122 valence electrons. The number of carboxylic acids is 1. The summed E-state index contributed by atoms with van der Waals surface area (Å²) in [6, 6.07) is -0.131. The normalized spacial score (nSPS) is 20.8. The smallest absolute Gasteiger partial charge is 0.308 e. The Bertz CT molecular complexity index is 317. The fraction of sp³-hybridized carbons (Fsp3) is 0.882. The van der Waals surface area contributed by atoms with Crippen LogP contribution < -0.4 is 5.32 Å². The predicted molar refractivity (Wildman–Crippen MR) is 84.1 cm³/mol. The van der Waals surface area contributed by atoms with E-state index in [9.17, 15) is 9.59 Å². The van der Waals surface area contributed by atoms with Crippen molar-refractivity contribution in [3.8, 4) is 0 Å². The topological polar surface area (TPSA) is 66.4 Å². The second-order valence-electron chi connectivity index (χ2n) is 6.27. The van der Waals surface area contributed by atoms with Crippen LogP contribution in [-0.4, -0.2) is 23.0 Å². The molecule has 0 spiro atoms. The molecule has 1 unspecified atom stereocenters. The van der Waals surface area contributed by atoms with Crippen LogP contribution in [-0.2, 0) is 9.59 Å². The monoisotopic (exact) mass is 297 g/mol. The van der Waals surface area contributed by atoms with Gasteiger partial charge in [-0.2, -0.15) is 0 Å². The number of carbonyl (C=O) groups excluding carboxylic acids is 1. The molecule has 1 rings (SSSR count). The highest BCUT2D eigenvalue weighted by atomic mass is 16.4. The van der Waals surface area contributed by atoms with E-state index in [1.807, 2.05) is 0 Å². The maximum Gasteiger partial charge on any atom is 0.308 e. The van der Waals surface area contributed by atoms with Gasteiger partial charge in [-0.1, -0.05) is 58.3 Å². The van der Waals surface area contributed by atoms with E-state index in [4.69, 9.17) is 5.11 Å². The fourth-order valence-electron chi connectivity index (χ4n) is 2.84. The maximum absolute atomic E-state index is 11.7. The molecule has 0 aromatic heterocycles. The van der Waals surface area contributed by atoms with Gasteiger partial charge in [0.15, 0.2) is 0 Å². The Balaban J connectivity index is 1.91. The zero-order valence-electron chi connectivity index (χ0n) is 13.4. The van der Waals surface area contributed by atoms with Gasteiger partial charge in [0, 0.05) is 12.5 Å². The lowest BCUT2D eigenvalue weighted by Crippen LogP contribution is -2.49. The average molecular weight is 297 g/mol. The molecule has 2 atom stereocenters. The largest absolute Gasteiger partial charge is 0.481 e. The zero-order valence-corrected chi connectivity index (χ0v) is 13.4. The van der Waals surface area contributed by atoms with E-state index in [0.717, 1.165) is 19.3 Å². The summed E-state index contributed by atoms with van der Waals surface area (Å²) in [5.74, 6) is -1.12. The summed E-state index contributed by atoms with van der Waals surface area (Å²) < 4.78 is 0. The van der Waals surface area contributed by atoms with E-state index >= 15 is 0 Å². The van der Waals surface area contributed by atoms with E-state index < -0.39 is 5.97 Å². The minimum absolute atomic E-state index is 0.0221. The van der Waals surface area contributed by atoms with Crippen LogP contribution >= 0.6 is 0 Å². The molecule has 1 amide bonds. The molecule has 1 saturated carbocycles. The van der Waals surface area contributed by atoms with E-state index in [0.29, 0.717) is 12.8 Å². The Morgan fingerprint density at radius 2 is 1.52 bits per heavy atom. The number of aliphatic carboxylic acids is 1. The summed E-state index contributed by atoms with van der Waals surface area (Å²) in [6.45, 7) is 2.23. The minimum atomic E-state index is -0.783. The van der Waals surface area contributed by atoms with Gasteiger partial charge in [0.1, 0.15) is 0 Å². The molecule has 0 saturated heterocycles. The minimum Gasteiger partial charge on any atom is -0.481 e. The summed E-state index contributed by atoms with van der Waals surface area (Å²) >= 11 is 0. The molecule has 0 aromatic carbocycles. The number of hydrogen-bond donors (Lipinski definition) is 2. The first-order chi connectivity index (χ1) is 10.1. The third-order valence-electron chi connectivity index (χ3n) is 4.45. The first-order valence-corrected chi connectivity index (χ1v) is 8.67. The average Bonchev–Trinajstić information content (AvgIpc) is 2.41. The van der Waals surface area contributed by atoms with Gasteiger partial charge in [0.05, 0.1) is 5.92 Å². The summed E-state index contributed by atoms with van der Waals surface area (Å²) in [4.78, 5) is 22.6. The highest BCUT2D eigenvalue weighted by Crippen LogP contribution is 2.27. The lowest BCUT2D eigenvalue weighted by atomic mass is 9.79. The summed E-state index contributed by atoms with van der Waals surface area (Å²) in [5, 5.41) is 11.8. The zero-order chi connectivity index (χ0) is 15.5. The van der Waals surface area contributed by atoms with Crippen molar-refractivity contribution in [3.05, 3.63) is 0 Å². The summed E-state index contributed by atoms with van der Waals surface area (Å²) in [5.41, 5.74) is 0. The highest BCUT2D eigenvalue weighted by Gasteiger charge is 2.37. The lowest BCUT2D eigenvalue weighted by molar-refractivity contribution is -0.146. The molecule has 1 fully saturated rings. The quantitative estimate of drug-likeness (QED) is 0.537. The molecule has 2 N–H and O–H groups in total. The van der Waals surface area contributed by atoms with Crippen LogP contribution in [0.15, 0.2) is 0 Å². The van der Waals surface area contributed by atoms with Crippen molar-refractivity contribution in [1.82, 2.24) is 5.32 Å². The molecule has 0 aliphatic heterocycles. The van der Waals surface area contributed by atoms with Crippen molar-refractivity contribution < 1.29 is 14.7 Å². The molecule has 0 radical (unpaired) electrons. The Kier molecular flexibility index (Phi) is 9.11. The first-order valence-electron chi connectivity index (χ1n) is 8.67. The molecule has 21 heavy (non-hydrogen) atoms. The summed E-state index contributed by atoms with van der Waals surface area (Å²) in [6.07, 6.45) is 13.2. The van der Waals surface area contributed by atoms with Gasteiger partial charge in [0.25, 0.3) is 0 Å². The second kappa shape index (κ2) is 10.6. The van der Waals surface area contributed by atoms with Crippen LogP contribution in [0.3, 0.4) is 0 Å². The van der Waals surface area contributed by atoms with Gasteiger partial charge in [-0.15, -0.1) is 0 Å². The fourth-order valence-corrected chi connectivity index (χ4v) is 2.84. The van der Waals surface area contributed by atoms with Gasteiger partial charge >= 0.3 is 5.97 Å². The van der Waals surface area contributed by atoms with E-state index in [-0.39, 0.29) is 17.9 Å². The van der Waals surface area contributed by atoms with Crippen molar-refractivity contribution in [1.29, 1.82) is 0 Å². The van der Waals surface area contributed by atoms with Crippen molar-refractivity contribution >= 4 is 11.9 Å². The Labute approximate surface area is 128 Å². The van der Waals surface area contributed by atoms with Crippen LogP contribution in [0.25, 0.3) is 0 Å². The third kappa shape index (κ3) is 7.49. The number of unbranched alkanes of at least 4 members (excludes halogenated alkanes) is 8. The number of nitrogens with one attached hydrogen (secondary N) is 1. The maximum atomic E-state index is 11.7. The van der Waals surface area contributed by atoms with Gasteiger partial charge in [-0.3, -0.25) is 9.59 Å². The van der Waals surface area contributed by atoms with Crippen molar-refractivity contribution in [2.75, 3.05) is 0 Å². The number of carboxylic acid groups (broad SMARTS) is 1. The summed E-state index contributed by atoms with van der Waals surface area (Å²) in [7, 11) is 0. The Morgan fingerprint density at radius 3 is 2.00 bits per heavy atom. The number of amides is 1. The van der Waals surface area contributed by atoms with Crippen LogP contribution in [0, 0.1) is 5.92 Å². The molecule has 1 aliphatic rings. The standard InChI is InChI=1S/C17H31NO3/c1-2-3-4-5-6-7-8-9-10-11-16(19)18-15-13-12-14(15)17(20)21/h14-15H,2-13H2,1H3,(H,18,19)(H,20,21)/t14?,15-/m0/s1. The molecule has 1 aliphatic carbocycles. The van der Waals surface area contributed by atoms with E-state index in [1.165, 1.54) is 44.9 Å². The van der Waals surface area contributed by atoms with E-state index in [1.54, 1.807) is 0 Å². The number of rotatable bonds is 12. The van der Waals surface area contributed by atoms with Gasteiger partial charge in [0.2, 0.25) is 5.91 Å². The lowest BCUT2D eigenvalue weighted by Gasteiger charge is -2.33. The molecule has 0 bridgehead atoms. The molecule has 0 aromatic rings. The van der Waals surface area contributed by atoms with Gasteiger partial charge < -0.3 is 10.4 Å². The van der Waals surface area contributed by atoms with Crippen LogP contribution in [0.2, 0.25) is 0 Å². The Hall–Kier alpha value is -1.06. The third-order valence-corrected chi connectivity index (χ3v) is 4.45. The van der Waals surface area contributed by atoms with Crippen LogP contribution in [0.1, 0.15) is 84.0 Å². The molecular formula is C17H31NO3. The van der Waals surface area contributed by atoms with Crippen molar-refractivity contribution in [2.24, 2.45) is 5.92 Å². The predicted octanol–water partition coefficient (Wildman–Crippen LogP) is 3.89. The first kappa shape index (κ1) is 18.0. The van der Waals surface area contributed by atoms with Crippen molar-refractivity contribution in [2.45, 2.75) is 90.0 Å². The van der Waals surface area contributed by atoms with E-state index in [2.05, 4.69) is 12.2 Å². The molecule has 0 heterocycles. The molecule has 4 heteroatoms. The molecular weight excluding hydrogens is 266 g/mol. The highest BCUT2D eigenvalue weighted by molar-refractivity contribution is 5.78. The number of carbonyl (C=O) groups is 2. The number of hydrogen-bond acceptors (Lipinski definition) is 2.